The predicted octanol–water partition coefficient (Wildman–Crippen LogP) is 15.3. The van der Waals surface area contributed by atoms with Gasteiger partial charge in [0.05, 0.1) is 11.1 Å². The van der Waals surface area contributed by atoms with Gasteiger partial charge < -0.3 is 14.2 Å². The van der Waals surface area contributed by atoms with Crippen LogP contribution < -0.4 is 5.32 Å². The van der Waals surface area contributed by atoms with Crippen LogP contribution in [0.2, 0.25) is 0 Å². The lowest BCUT2D eigenvalue weighted by Crippen LogP contribution is -2.04. The Balaban J connectivity index is 0.989. The number of para-hydroxylation sites is 1. The zero-order chi connectivity index (χ0) is 37.7. The van der Waals surface area contributed by atoms with Crippen LogP contribution in [-0.4, -0.2) is 0 Å². The summed E-state index contributed by atoms with van der Waals surface area (Å²) in [6, 6.07) is 64.5. The van der Waals surface area contributed by atoms with Gasteiger partial charge in [0, 0.05) is 27.4 Å². The van der Waals surface area contributed by atoms with Crippen molar-refractivity contribution in [3.63, 3.8) is 0 Å². The molecular formula is C54H37NO2. The van der Waals surface area contributed by atoms with Crippen molar-refractivity contribution >= 4 is 55.1 Å². The van der Waals surface area contributed by atoms with Gasteiger partial charge in [-0.05, 0) is 111 Å². The SMILES string of the molecule is C1=C(Nc2ccc(-c3ccccc3)c3oc4cccc(-c5cccc(-c6ccc(-c7ccccc7)cc6)c5)c4c23)CCC(c2ccc3c(c2)oc2ccccc23)=C1. The maximum atomic E-state index is 6.85. The van der Waals surface area contributed by atoms with Gasteiger partial charge in [0.1, 0.15) is 22.3 Å². The van der Waals surface area contributed by atoms with Crippen molar-refractivity contribution in [2.75, 3.05) is 5.32 Å². The molecule has 0 fully saturated rings. The van der Waals surface area contributed by atoms with Gasteiger partial charge in [-0.15, -0.1) is 0 Å². The summed E-state index contributed by atoms with van der Waals surface area (Å²) in [5.41, 5.74) is 17.6. The van der Waals surface area contributed by atoms with Crippen LogP contribution in [0.25, 0.3) is 94.0 Å². The van der Waals surface area contributed by atoms with Crippen molar-refractivity contribution in [3.8, 4) is 44.5 Å². The molecule has 0 atom stereocenters. The second kappa shape index (κ2) is 13.7. The van der Waals surface area contributed by atoms with Crippen LogP contribution in [0.1, 0.15) is 18.4 Å². The molecule has 10 aromatic rings. The number of nitrogens with one attached hydrogen (secondary N) is 1. The molecule has 270 valence electrons. The Morgan fingerprint density at radius 2 is 1.02 bits per heavy atom. The smallest absolute Gasteiger partial charge is 0.145 e. The van der Waals surface area contributed by atoms with Crippen molar-refractivity contribution in [1.29, 1.82) is 0 Å². The van der Waals surface area contributed by atoms with E-state index in [0.29, 0.717) is 0 Å². The van der Waals surface area contributed by atoms with Crippen molar-refractivity contribution in [2.24, 2.45) is 0 Å². The molecule has 11 rings (SSSR count). The lowest BCUT2D eigenvalue weighted by atomic mass is 9.93. The average molecular weight is 732 g/mol. The number of benzene rings is 8. The van der Waals surface area contributed by atoms with Gasteiger partial charge in [0.15, 0.2) is 0 Å². The number of allylic oxidation sites excluding steroid dienone is 4. The molecule has 0 saturated carbocycles. The van der Waals surface area contributed by atoms with Crippen molar-refractivity contribution in [2.45, 2.75) is 12.8 Å². The maximum Gasteiger partial charge on any atom is 0.145 e. The molecule has 0 bridgehead atoms. The van der Waals surface area contributed by atoms with Gasteiger partial charge in [0.2, 0.25) is 0 Å². The van der Waals surface area contributed by atoms with E-state index in [-0.39, 0.29) is 0 Å². The van der Waals surface area contributed by atoms with Crippen LogP contribution in [0, 0.1) is 0 Å². The Morgan fingerprint density at radius 1 is 0.368 bits per heavy atom. The topological polar surface area (TPSA) is 38.3 Å². The Hall–Kier alpha value is -7.36. The lowest BCUT2D eigenvalue weighted by molar-refractivity contribution is 0.668. The fourth-order valence-electron chi connectivity index (χ4n) is 8.54. The van der Waals surface area contributed by atoms with Gasteiger partial charge >= 0.3 is 0 Å². The molecule has 1 N–H and O–H groups in total. The monoisotopic (exact) mass is 731 g/mol. The lowest BCUT2D eigenvalue weighted by Gasteiger charge is -2.18. The van der Waals surface area contributed by atoms with E-state index in [1.54, 1.807) is 0 Å². The molecule has 0 unspecified atom stereocenters. The van der Waals surface area contributed by atoms with Gasteiger partial charge in [-0.1, -0.05) is 146 Å². The third-order valence-corrected chi connectivity index (χ3v) is 11.4. The normalized spacial score (nSPS) is 13.0. The molecule has 0 amide bonds. The van der Waals surface area contributed by atoms with E-state index in [1.807, 2.05) is 12.1 Å². The Bertz CT molecular complexity index is 3180. The highest BCUT2D eigenvalue weighted by Crippen LogP contribution is 2.45. The summed E-state index contributed by atoms with van der Waals surface area (Å²) >= 11 is 0. The van der Waals surface area contributed by atoms with Crippen LogP contribution in [0.5, 0.6) is 0 Å². The first-order chi connectivity index (χ1) is 28.2. The van der Waals surface area contributed by atoms with E-state index in [4.69, 9.17) is 8.83 Å². The fourth-order valence-corrected chi connectivity index (χ4v) is 8.54. The second-order valence-electron chi connectivity index (χ2n) is 14.9. The minimum atomic E-state index is 0.868. The summed E-state index contributed by atoms with van der Waals surface area (Å²) in [7, 11) is 0. The number of hydrogen-bond donors (Lipinski definition) is 1. The van der Waals surface area contributed by atoms with Crippen LogP contribution in [-0.2, 0) is 0 Å². The second-order valence-corrected chi connectivity index (χ2v) is 14.9. The molecule has 2 heterocycles. The molecule has 0 spiro atoms. The minimum absolute atomic E-state index is 0.868. The first kappa shape index (κ1) is 33.0. The Labute approximate surface area is 330 Å². The molecule has 0 saturated heterocycles. The summed E-state index contributed by atoms with van der Waals surface area (Å²) in [5.74, 6) is 0. The van der Waals surface area contributed by atoms with Crippen LogP contribution in [0.4, 0.5) is 5.69 Å². The summed E-state index contributed by atoms with van der Waals surface area (Å²) in [6.45, 7) is 0. The third-order valence-electron chi connectivity index (χ3n) is 11.4. The van der Waals surface area contributed by atoms with Crippen molar-refractivity contribution in [3.05, 3.63) is 205 Å². The number of fused-ring (bicyclic) bond motifs is 6. The fraction of sp³-hybridized carbons (Fsp3) is 0.0370. The van der Waals surface area contributed by atoms with E-state index in [2.05, 4.69) is 187 Å². The molecule has 1 aliphatic carbocycles. The highest BCUT2D eigenvalue weighted by Gasteiger charge is 2.21. The molecule has 3 heteroatoms. The summed E-state index contributed by atoms with van der Waals surface area (Å²) in [6.07, 6.45) is 6.29. The van der Waals surface area contributed by atoms with Crippen molar-refractivity contribution in [1.82, 2.24) is 0 Å². The van der Waals surface area contributed by atoms with E-state index in [0.717, 1.165) is 84.7 Å². The van der Waals surface area contributed by atoms with Crippen molar-refractivity contribution < 1.29 is 8.83 Å². The number of hydrogen-bond acceptors (Lipinski definition) is 3. The molecule has 57 heavy (non-hydrogen) atoms. The standard InChI is InChI=1S/C54H37NO2/c1-3-11-35(12-4-1)36-21-23-37(24-22-36)40-15-9-16-42(33-40)44-18-10-20-50-52(44)53-48(32-31-45(54(53)57-50)39-13-5-2-6-14-39)55-43-28-25-38(26-29-43)41-27-30-47-46-17-7-8-19-49(46)56-51(47)34-41/h1-25,27-28,30-34,55H,26,29H2. The first-order valence-corrected chi connectivity index (χ1v) is 19.6. The highest BCUT2D eigenvalue weighted by molar-refractivity contribution is 6.20. The van der Waals surface area contributed by atoms with E-state index >= 15 is 0 Å². The van der Waals surface area contributed by atoms with Gasteiger partial charge in [-0.3, -0.25) is 0 Å². The Kier molecular flexibility index (Phi) is 7.96. The van der Waals surface area contributed by atoms with Crippen LogP contribution >= 0.6 is 0 Å². The first-order valence-electron chi connectivity index (χ1n) is 19.6. The average Bonchev–Trinajstić information content (AvgIpc) is 3.87. The number of rotatable bonds is 7. The molecular weight excluding hydrogens is 695 g/mol. The molecule has 1 aliphatic rings. The van der Waals surface area contributed by atoms with Gasteiger partial charge in [-0.25, -0.2) is 0 Å². The summed E-state index contributed by atoms with van der Waals surface area (Å²) in [4.78, 5) is 0. The molecule has 3 nitrogen and oxygen atoms in total. The zero-order valence-corrected chi connectivity index (χ0v) is 31.2. The predicted molar refractivity (Wildman–Crippen MR) is 238 cm³/mol. The zero-order valence-electron chi connectivity index (χ0n) is 31.2. The molecule has 0 radical (unpaired) electrons. The van der Waals surface area contributed by atoms with Gasteiger partial charge in [0.25, 0.3) is 0 Å². The highest BCUT2D eigenvalue weighted by atomic mass is 16.3. The summed E-state index contributed by atoms with van der Waals surface area (Å²) < 4.78 is 13.1. The van der Waals surface area contributed by atoms with E-state index in [9.17, 15) is 0 Å². The van der Waals surface area contributed by atoms with E-state index in [1.165, 1.54) is 39.1 Å². The molecule has 0 aliphatic heterocycles. The van der Waals surface area contributed by atoms with E-state index < -0.39 is 0 Å². The maximum absolute atomic E-state index is 6.85. The number of anilines is 1. The minimum Gasteiger partial charge on any atom is -0.456 e. The summed E-state index contributed by atoms with van der Waals surface area (Å²) in [5, 5.41) is 8.38. The largest absolute Gasteiger partial charge is 0.456 e. The quantitative estimate of drug-likeness (QED) is 0.177. The van der Waals surface area contributed by atoms with Gasteiger partial charge in [-0.2, -0.15) is 0 Å². The number of furan rings is 2. The third kappa shape index (κ3) is 5.92. The molecule has 2 aromatic heterocycles. The molecule has 8 aromatic carbocycles. The van der Waals surface area contributed by atoms with Crippen LogP contribution in [0.15, 0.2) is 209 Å². The Morgan fingerprint density at radius 3 is 1.82 bits per heavy atom. The van der Waals surface area contributed by atoms with Crippen LogP contribution in [0.3, 0.4) is 0 Å².